The van der Waals surface area contributed by atoms with Crippen LogP contribution in [-0.4, -0.2) is 85.9 Å². The lowest BCUT2D eigenvalue weighted by molar-refractivity contribution is -0.156. The lowest BCUT2D eigenvalue weighted by Crippen LogP contribution is -2.41. The standard InChI is InChI=1S/C25H35N4O12P/c1-13(2)38-18(30)10-16(25(35)39-14(3)4)28-42(36,41-15-8-6-5-7-9-15)37-11-17-20(31)21(32)24(40-17)29-12-27-19(22(26)33)23(29)34/h5-9,12-14,16-17,20-21,24,31-32,34H,10-11H2,1-4H3,(H2,26,33)(H,28,36)/t16-,17+,20?,21+,24+,42?/m0/s1. The molecule has 0 aliphatic carbocycles. The third-order valence-electron chi connectivity index (χ3n) is 5.68. The van der Waals surface area contributed by atoms with Gasteiger partial charge in [-0.1, -0.05) is 18.2 Å². The van der Waals surface area contributed by atoms with Gasteiger partial charge in [-0.15, -0.1) is 0 Å². The number of nitrogens with zero attached hydrogens (tertiary/aromatic N) is 2. The summed E-state index contributed by atoms with van der Waals surface area (Å²) in [5.74, 6) is -3.39. The van der Waals surface area contributed by atoms with Crippen LogP contribution in [0.25, 0.3) is 0 Å². The van der Waals surface area contributed by atoms with E-state index in [2.05, 4.69) is 10.1 Å². The summed E-state index contributed by atoms with van der Waals surface area (Å²) in [6.45, 7) is 5.73. The van der Waals surface area contributed by atoms with E-state index in [1.54, 1.807) is 45.9 Å². The molecule has 16 nitrogen and oxygen atoms in total. The summed E-state index contributed by atoms with van der Waals surface area (Å²) in [5, 5.41) is 33.9. The minimum atomic E-state index is -4.56. The summed E-state index contributed by atoms with van der Waals surface area (Å²) < 4.78 is 42.0. The Bertz CT molecular complexity index is 1290. The third kappa shape index (κ3) is 8.50. The molecule has 2 heterocycles. The first-order chi connectivity index (χ1) is 19.7. The number of aliphatic hydroxyl groups excluding tert-OH is 2. The van der Waals surface area contributed by atoms with Gasteiger partial charge in [0.1, 0.15) is 36.4 Å². The Morgan fingerprint density at radius 2 is 1.74 bits per heavy atom. The quantitative estimate of drug-likeness (QED) is 0.146. The molecule has 1 aromatic heterocycles. The van der Waals surface area contributed by atoms with Crippen LogP contribution < -0.4 is 15.3 Å². The number of esters is 2. The molecule has 1 saturated heterocycles. The molecule has 0 saturated carbocycles. The van der Waals surface area contributed by atoms with Gasteiger partial charge in [0, 0.05) is 0 Å². The zero-order chi connectivity index (χ0) is 31.2. The van der Waals surface area contributed by atoms with E-state index in [0.29, 0.717) is 0 Å². The maximum atomic E-state index is 14.0. The highest BCUT2D eigenvalue weighted by Gasteiger charge is 2.47. The summed E-state index contributed by atoms with van der Waals surface area (Å²) in [7, 11) is -4.56. The molecule has 2 unspecified atom stereocenters. The number of imidazole rings is 1. The van der Waals surface area contributed by atoms with Crippen molar-refractivity contribution in [1.29, 1.82) is 0 Å². The van der Waals surface area contributed by atoms with Crippen LogP contribution in [0.1, 0.15) is 50.8 Å². The van der Waals surface area contributed by atoms with Crippen LogP contribution in [0, 0.1) is 0 Å². The number of rotatable bonds is 14. The Hall–Kier alpha value is -3.53. The molecule has 1 aliphatic heterocycles. The maximum absolute atomic E-state index is 14.0. The number of para-hydroxylation sites is 1. The van der Waals surface area contributed by atoms with Crippen LogP contribution in [0.15, 0.2) is 36.7 Å². The number of ether oxygens (including phenoxy) is 3. The predicted octanol–water partition coefficient (Wildman–Crippen LogP) is 0.762. The van der Waals surface area contributed by atoms with Gasteiger partial charge in [-0.2, -0.15) is 5.09 Å². The number of hydrogen-bond donors (Lipinski definition) is 5. The number of nitrogens with two attached hydrogens (primary N) is 1. The van der Waals surface area contributed by atoms with Gasteiger partial charge in [0.05, 0.1) is 25.2 Å². The average molecular weight is 615 g/mol. The van der Waals surface area contributed by atoms with E-state index in [9.17, 15) is 34.3 Å². The normalized spacial score (nSPS) is 22.5. The average Bonchev–Trinajstić information content (AvgIpc) is 3.41. The molecule has 0 spiro atoms. The molecule has 2 aromatic rings. The topological polar surface area (TPSA) is 231 Å². The molecule has 6 atom stereocenters. The van der Waals surface area contributed by atoms with Gasteiger partial charge in [-0.25, -0.2) is 9.55 Å². The summed E-state index contributed by atoms with van der Waals surface area (Å²) in [4.78, 5) is 40.4. The Labute approximate surface area is 241 Å². The number of aliphatic hydroxyl groups is 2. The number of aromatic nitrogens is 2. The second-order valence-corrected chi connectivity index (χ2v) is 11.5. The number of carbonyl (C=O) groups is 3. The summed E-state index contributed by atoms with van der Waals surface area (Å²) in [5.41, 5.74) is 4.67. The van der Waals surface area contributed by atoms with Gasteiger partial charge in [-0.3, -0.25) is 23.5 Å². The van der Waals surface area contributed by atoms with Crippen molar-refractivity contribution in [2.24, 2.45) is 5.73 Å². The zero-order valence-electron chi connectivity index (χ0n) is 23.4. The van der Waals surface area contributed by atoms with Crippen LogP contribution >= 0.6 is 7.75 Å². The first kappa shape index (κ1) is 33.0. The minimum Gasteiger partial charge on any atom is -0.493 e. The number of benzene rings is 1. The predicted molar refractivity (Wildman–Crippen MR) is 143 cm³/mol. The molecule has 1 aliphatic rings. The minimum absolute atomic E-state index is 0.0715. The highest BCUT2D eigenvalue weighted by atomic mass is 31.2. The molecule has 1 fully saturated rings. The first-order valence-electron chi connectivity index (χ1n) is 12.9. The van der Waals surface area contributed by atoms with Gasteiger partial charge in [0.2, 0.25) is 5.88 Å². The Morgan fingerprint density at radius 3 is 2.31 bits per heavy atom. The molecule has 1 aromatic carbocycles. The first-order valence-corrected chi connectivity index (χ1v) is 14.5. The van der Waals surface area contributed by atoms with E-state index in [1.165, 1.54) is 12.1 Å². The van der Waals surface area contributed by atoms with Crippen LogP contribution in [0.5, 0.6) is 11.6 Å². The van der Waals surface area contributed by atoms with Crippen molar-refractivity contribution >= 4 is 25.6 Å². The highest BCUT2D eigenvalue weighted by Crippen LogP contribution is 2.46. The van der Waals surface area contributed by atoms with Gasteiger partial charge >= 0.3 is 19.7 Å². The number of amides is 1. The van der Waals surface area contributed by atoms with Crippen LogP contribution in [0.2, 0.25) is 0 Å². The van der Waals surface area contributed by atoms with E-state index in [0.717, 1.165) is 10.9 Å². The van der Waals surface area contributed by atoms with E-state index in [-0.39, 0.29) is 5.75 Å². The zero-order valence-corrected chi connectivity index (χ0v) is 24.2. The van der Waals surface area contributed by atoms with Crippen molar-refractivity contribution in [1.82, 2.24) is 14.6 Å². The number of aromatic hydroxyl groups is 1. The highest BCUT2D eigenvalue weighted by molar-refractivity contribution is 7.52. The molecule has 0 bridgehead atoms. The summed E-state index contributed by atoms with van der Waals surface area (Å²) in [6, 6.07) is 6.25. The molecular formula is C25H35N4O12P. The largest absolute Gasteiger partial charge is 0.493 e. The number of nitrogens with one attached hydrogen (secondary N) is 1. The van der Waals surface area contributed by atoms with Crippen molar-refractivity contribution < 1.29 is 57.5 Å². The number of hydrogen-bond acceptors (Lipinski definition) is 13. The summed E-state index contributed by atoms with van der Waals surface area (Å²) >= 11 is 0. The van der Waals surface area contributed by atoms with Gasteiger partial charge in [0.15, 0.2) is 11.9 Å². The molecule has 42 heavy (non-hydrogen) atoms. The van der Waals surface area contributed by atoms with Crippen molar-refractivity contribution in [3.8, 4) is 11.6 Å². The fourth-order valence-electron chi connectivity index (χ4n) is 3.86. The van der Waals surface area contributed by atoms with E-state index in [1.807, 2.05) is 0 Å². The van der Waals surface area contributed by atoms with Crippen LogP contribution in [-0.2, 0) is 32.9 Å². The van der Waals surface area contributed by atoms with Crippen molar-refractivity contribution in [3.05, 3.63) is 42.4 Å². The Morgan fingerprint density at radius 1 is 1.10 bits per heavy atom. The van der Waals surface area contributed by atoms with Crippen molar-refractivity contribution in [2.45, 2.75) is 76.9 Å². The molecule has 6 N–H and O–H groups in total. The maximum Gasteiger partial charge on any atom is 0.459 e. The molecule has 3 rings (SSSR count). The molecular weight excluding hydrogens is 579 g/mol. The second kappa shape index (κ2) is 14.1. The van der Waals surface area contributed by atoms with Gasteiger partial charge in [0.25, 0.3) is 5.91 Å². The molecule has 232 valence electrons. The van der Waals surface area contributed by atoms with E-state index in [4.69, 9.17) is 29.0 Å². The van der Waals surface area contributed by atoms with E-state index >= 15 is 0 Å². The fraction of sp³-hybridized carbons (Fsp3) is 0.520. The fourth-order valence-corrected chi connectivity index (χ4v) is 5.36. The summed E-state index contributed by atoms with van der Waals surface area (Å²) in [6.07, 6.45) is -6.75. The third-order valence-corrected chi connectivity index (χ3v) is 7.25. The monoisotopic (exact) mass is 614 g/mol. The van der Waals surface area contributed by atoms with Crippen LogP contribution in [0.3, 0.4) is 0 Å². The number of primary amides is 1. The molecule has 0 radical (unpaired) electrons. The van der Waals surface area contributed by atoms with Gasteiger partial charge < -0.3 is 39.8 Å². The van der Waals surface area contributed by atoms with Gasteiger partial charge in [-0.05, 0) is 39.8 Å². The smallest absolute Gasteiger partial charge is 0.459 e. The Kier molecular flexibility index (Phi) is 11.1. The lowest BCUT2D eigenvalue weighted by atomic mass is 10.1. The van der Waals surface area contributed by atoms with Crippen LogP contribution in [0.4, 0.5) is 0 Å². The lowest BCUT2D eigenvalue weighted by Gasteiger charge is -2.26. The second-order valence-electron chi connectivity index (χ2n) is 9.84. The molecule has 1 amide bonds. The SMILES string of the molecule is CC(C)OC(=O)C[C@H](NP(=O)(OC[C@H]1O[C@@H](n2cnc(C(N)=O)c2O)[C@H](O)C1O)Oc1ccccc1)C(=O)OC(C)C. The van der Waals surface area contributed by atoms with Crippen molar-refractivity contribution in [3.63, 3.8) is 0 Å². The molecule has 17 heteroatoms. The van der Waals surface area contributed by atoms with Crippen molar-refractivity contribution in [2.75, 3.05) is 6.61 Å². The number of carbonyl (C=O) groups excluding carboxylic acids is 3. The Balaban J connectivity index is 1.84. The van der Waals surface area contributed by atoms with E-state index < -0.39 is 93.0 Å².